The van der Waals surface area contributed by atoms with Gasteiger partial charge in [0, 0.05) is 35.0 Å². The zero-order valence-corrected chi connectivity index (χ0v) is 16.4. The Morgan fingerprint density at radius 2 is 1.94 bits per heavy atom. The molecule has 31 heavy (non-hydrogen) atoms. The van der Waals surface area contributed by atoms with Crippen molar-refractivity contribution in [3.05, 3.63) is 89.5 Å². The molecule has 0 amide bonds. The van der Waals surface area contributed by atoms with Crippen molar-refractivity contribution in [2.24, 2.45) is 0 Å². The van der Waals surface area contributed by atoms with Crippen LogP contribution in [0.3, 0.4) is 0 Å². The van der Waals surface area contributed by atoms with Gasteiger partial charge in [-0.3, -0.25) is 4.79 Å². The number of hydrogen-bond donors (Lipinski definition) is 2. The molecule has 0 fully saturated rings. The number of rotatable bonds is 6. The molecule has 7 heteroatoms. The topological polar surface area (TPSA) is 92.3 Å². The summed E-state index contributed by atoms with van der Waals surface area (Å²) >= 11 is 0. The van der Waals surface area contributed by atoms with Gasteiger partial charge >= 0.3 is 5.97 Å². The second-order valence-corrected chi connectivity index (χ2v) is 6.79. The quantitative estimate of drug-likeness (QED) is 0.351. The van der Waals surface area contributed by atoms with E-state index in [9.17, 15) is 14.0 Å². The summed E-state index contributed by atoms with van der Waals surface area (Å²) in [5, 5.41) is 9.37. The van der Waals surface area contributed by atoms with E-state index in [2.05, 4.69) is 9.97 Å². The number of methoxy groups -OCH3 is 1. The lowest BCUT2D eigenvalue weighted by Gasteiger charge is -2.06. The third kappa shape index (κ3) is 4.06. The number of hydrogen-bond acceptors (Lipinski definition) is 4. The molecule has 0 saturated carbocycles. The lowest BCUT2D eigenvalue weighted by atomic mass is 9.99. The first-order chi connectivity index (χ1) is 15.0. The molecule has 0 atom stereocenters. The Bertz CT molecular complexity index is 1340. The van der Waals surface area contributed by atoms with Crippen LogP contribution in [-0.2, 0) is 4.79 Å². The third-order valence-electron chi connectivity index (χ3n) is 4.83. The minimum absolute atomic E-state index is 0.0912. The second-order valence-electron chi connectivity index (χ2n) is 6.79. The number of benzene rings is 2. The van der Waals surface area contributed by atoms with E-state index < -0.39 is 17.6 Å². The molecule has 2 heterocycles. The summed E-state index contributed by atoms with van der Waals surface area (Å²) in [6.07, 6.45) is 5.72. The molecule has 0 radical (unpaired) electrons. The minimum Gasteiger partial charge on any atom is -0.497 e. The monoisotopic (exact) mass is 416 g/mol. The fraction of sp³-hybridized carbons (Fsp3) is 0.0417. The molecule has 0 saturated heterocycles. The number of aliphatic carboxylic acids is 1. The highest BCUT2D eigenvalue weighted by Gasteiger charge is 2.19. The van der Waals surface area contributed by atoms with Crippen molar-refractivity contribution in [1.29, 1.82) is 0 Å². The van der Waals surface area contributed by atoms with Crippen molar-refractivity contribution in [2.75, 3.05) is 7.11 Å². The van der Waals surface area contributed by atoms with Crippen molar-refractivity contribution in [1.82, 2.24) is 9.97 Å². The molecule has 2 aromatic carbocycles. The Hall–Kier alpha value is -4.26. The van der Waals surface area contributed by atoms with Gasteiger partial charge in [0.15, 0.2) is 5.78 Å². The standard InChI is InChI=1S/C24H17FN2O4/c1-31-17-6-7-21(25)19(11-17)23(30)20-13-27-24-18(20)10-16(12-26-24)15-4-2-3-14(9-15)5-8-22(28)29/h2-13H,1H3,(H,26,27)(H,28,29)/b8-5+. The maximum Gasteiger partial charge on any atom is 0.328 e. The van der Waals surface area contributed by atoms with Crippen LogP contribution >= 0.6 is 0 Å². The van der Waals surface area contributed by atoms with Gasteiger partial charge in [-0.1, -0.05) is 18.2 Å². The van der Waals surface area contributed by atoms with Crippen molar-refractivity contribution < 1.29 is 23.8 Å². The summed E-state index contributed by atoms with van der Waals surface area (Å²) in [6, 6.07) is 13.1. The molecule has 2 N–H and O–H groups in total. The number of carbonyl (C=O) groups excluding carboxylic acids is 1. The van der Waals surface area contributed by atoms with E-state index in [1.807, 2.05) is 12.1 Å². The van der Waals surface area contributed by atoms with Gasteiger partial charge in [-0.2, -0.15) is 0 Å². The summed E-state index contributed by atoms with van der Waals surface area (Å²) in [6.45, 7) is 0. The summed E-state index contributed by atoms with van der Waals surface area (Å²) in [7, 11) is 1.45. The van der Waals surface area contributed by atoms with E-state index in [1.54, 1.807) is 24.4 Å². The van der Waals surface area contributed by atoms with Crippen molar-refractivity contribution in [2.45, 2.75) is 0 Å². The number of pyridine rings is 1. The average molecular weight is 416 g/mol. The van der Waals surface area contributed by atoms with Crippen LogP contribution in [0.25, 0.3) is 28.2 Å². The van der Waals surface area contributed by atoms with Crippen molar-refractivity contribution in [3.8, 4) is 16.9 Å². The van der Waals surface area contributed by atoms with Crippen LogP contribution in [0.5, 0.6) is 5.75 Å². The molecule has 0 aliphatic carbocycles. The van der Waals surface area contributed by atoms with Crippen LogP contribution in [0.4, 0.5) is 4.39 Å². The van der Waals surface area contributed by atoms with Gasteiger partial charge in [0.25, 0.3) is 0 Å². The van der Waals surface area contributed by atoms with Crippen LogP contribution < -0.4 is 4.74 Å². The van der Waals surface area contributed by atoms with Crippen LogP contribution in [0.15, 0.2) is 67.0 Å². The van der Waals surface area contributed by atoms with Crippen molar-refractivity contribution >= 4 is 28.9 Å². The second kappa shape index (κ2) is 8.23. The summed E-state index contributed by atoms with van der Waals surface area (Å²) in [5.74, 6) is -1.77. The van der Waals surface area contributed by atoms with Crippen molar-refractivity contribution in [3.63, 3.8) is 0 Å². The fourth-order valence-corrected chi connectivity index (χ4v) is 3.29. The number of aromatic amines is 1. The number of fused-ring (bicyclic) bond motifs is 1. The van der Waals surface area contributed by atoms with Gasteiger partial charge in [0.05, 0.1) is 12.7 Å². The first-order valence-corrected chi connectivity index (χ1v) is 9.33. The van der Waals surface area contributed by atoms with E-state index in [0.717, 1.165) is 17.2 Å². The molecule has 0 aliphatic heterocycles. The van der Waals surface area contributed by atoms with Gasteiger partial charge in [-0.15, -0.1) is 0 Å². The molecule has 0 aliphatic rings. The van der Waals surface area contributed by atoms with Crippen LogP contribution in [0.1, 0.15) is 21.5 Å². The Labute approximate surface area is 176 Å². The molecule has 0 bridgehead atoms. The van der Waals surface area contributed by atoms with Gasteiger partial charge in [-0.25, -0.2) is 14.2 Å². The Morgan fingerprint density at radius 3 is 2.71 bits per heavy atom. The lowest BCUT2D eigenvalue weighted by molar-refractivity contribution is -0.131. The highest BCUT2D eigenvalue weighted by Crippen LogP contribution is 2.28. The number of nitrogens with zero attached hydrogens (tertiary/aromatic N) is 1. The Balaban J connectivity index is 1.76. The maximum absolute atomic E-state index is 14.3. The van der Waals surface area contributed by atoms with E-state index in [-0.39, 0.29) is 5.56 Å². The number of aromatic nitrogens is 2. The molecule has 4 aromatic rings. The zero-order valence-electron chi connectivity index (χ0n) is 16.4. The summed E-state index contributed by atoms with van der Waals surface area (Å²) in [5.41, 5.74) is 2.94. The number of ether oxygens (including phenoxy) is 1. The number of carboxylic acid groups (broad SMARTS) is 1. The van der Waals surface area contributed by atoms with Crippen LogP contribution in [-0.4, -0.2) is 33.9 Å². The van der Waals surface area contributed by atoms with E-state index >= 15 is 0 Å². The maximum atomic E-state index is 14.3. The van der Waals surface area contributed by atoms with Crippen LogP contribution in [0.2, 0.25) is 0 Å². The zero-order chi connectivity index (χ0) is 22.0. The predicted molar refractivity (Wildman–Crippen MR) is 115 cm³/mol. The van der Waals surface area contributed by atoms with Gasteiger partial charge < -0.3 is 14.8 Å². The SMILES string of the molecule is COc1ccc(F)c(C(=O)c2c[nH]c3ncc(-c4cccc(/C=C/C(=O)O)c4)cc23)c1. The Morgan fingerprint density at radius 1 is 1.10 bits per heavy atom. The summed E-state index contributed by atoms with van der Waals surface area (Å²) in [4.78, 5) is 31.1. The first kappa shape index (κ1) is 20.0. The van der Waals surface area contributed by atoms with Crippen LogP contribution in [0, 0.1) is 5.82 Å². The largest absolute Gasteiger partial charge is 0.497 e. The number of ketones is 1. The molecule has 0 unspecified atom stereocenters. The fourth-order valence-electron chi connectivity index (χ4n) is 3.29. The van der Waals surface area contributed by atoms with Gasteiger partial charge in [0.1, 0.15) is 17.2 Å². The normalized spacial score (nSPS) is 11.2. The molecule has 154 valence electrons. The molecule has 2 aromatic heterocycles. The summed E-state index contributed by atoms with van der Waals surface area (Å²) < 4.78 is 19.4. The highest BCUT2D eigenvalue weighted by molar-refractivity contribution is 6.16. The number of carboxylic acids is 1. The van der Waals surface area contributed by atoms with Gasteiger partial charge in [-0.05, 0) is 47.5 Å². The number of carbonyl (C=O) groups is 2. The van der Waals surface area contributed by atoms with E-state index in [0.29, 0.717) is 27.9 Å². The van der Waals surface area contributed by atoms with E-state index in [4.69, 9.17) is 9.84 Å². The molecule has 0 spiro atoms. The number of nitrogens with one attached hydrogen (secondary N) is 1. The third-order valence-corrected chi connectivity index (χ3v) is 4.83. The Kier molecular flexibility index (Phi) is 5.32. The van der Waals surface area contributed by atoms with Gasteiger partial charge in [0.2, 0.25) is 0 Å². The minimum atomic E-state index is -1.03. The first-order valence-electron chi connectivity index (χ1n) is 9.33. The average Bonchev–Trinajstić information content (AvgIpc) is 3.21. The predicted octanol–water partition coefficient (Wildman–Crippen LogP) is 4.71. The molecule has 4 rings (SSSR count). The molecule has 6 nitrogen and oxygen atoms in total. The highest BCUT2D eigenvalue weighted by atomic mass is 19.1. The molecular formula is C24H17FN2O4. The smallest absolute Gasteiger partial charge is 0.328 e. The number of H-pyrrole nitrogens is 1. The van der Waals surface area contributed by atoms with E-state index in [1.165, 1.54) is 37.6 Å². The number of halogens is 1. The molecular weight excluding hydrogens is 399 g/mol. The lowest BCUT2D eigenvalue weighted by Crippen LogP contribution is -2.04.